The number of hydrogen-bond donors (Lipinski definition) is 1. The highest BCUT2D eigenvalue weighted by Gasteiger charge is 2.22. The lowest BCUT2D eigenvalue weighted by atomic mass is 10.4. The number of aromatic nitrogens is 2. The summed E-state index contributed by atoms with van der Waals surface area (Å²) in [6.45, 7) is 6.81. The van der Waals surface area contributed by atoms with Gasteiger partial charge in [-0.15, -0.1) is 0 Å². The van der Waals surface area contributed by atoms with Crippen molar-refractivity contribution in [3.8, 4) is 0 Å². The van der Waals surface area contributed by atoms with Crippen molar-refractivity contribution < 1.29 is 18.3 Å². The summed E-state index contributed by atoms with van der Waals surface area (Å²) in [5, 5.41) is 8.50. The molecule has 18 heavy (non-hydrogen) atoms. The highest BCUT2D eigenvalue weighted by atomic mass is 32.2. The molecule has 0 spiro atoms. The molecule has 0 aliphatic carbocycles. The van der Waals surface area contributed by atoms with Gasteiger partial charge in [0.2, 0.25) is 5.82 Å². The molecule has 0 amide bonds. The summed E-state index contributed by atoms with van der Waals surface area (Å²) in [7, 11) is -3.27. The number of rotatable bonds is 5. The zero-order valence-corrected chi connectivity index (χ0v) is 11.7. The summed E-state index contributed by atoms with van der Waals surface area (Å²) in [5.41, 5.74) is 0.273. The molecule has 0 atom stereocenters. The molecular weight excluding hydrogens is 256 g/mol. The van der Waals surface area contributed by atoms with Crippen LogP contribution in [0, 0.1) is 0 Å². The molecule has 0 aromatic carbocycles. The minimum atomic E-state index is -3.27. The highest BCUT2D eigenvalue weighted by Crippen LogP contribution is 2.15. The standard InChI is InChI=1S/C11H18N2O4S/c1-7(2)13-5-9(12-10(13)11(14)15)6-18(16,17)8(3)4/h5,7-8H,6H2,1-4H3,(H,14,15). The van der Waals surface area contributed by atoms with Gasteiger partial charge in [-0.25, -0.2) is 18.2 Å². The van der Waals surface area contributed by atoms with E-state index in [1.165, 1.54) is 10.8 Å². The van der Waals surface area contributed by atoms with Gasteiger partial charge in [0.25, 0.3) is 0 Å². The van der Waals surface area contributed by atoms with Gasteiger partial charge in [-0.2, -0.15) is 0 Å². The first kappa shape index (κ1) is 14.7. The summed E-state index contributed by atoms with van der Waals surface area (Å²) in [6.07, 6.45) is 1.49. The van der Waals surface area contributed by atoms with Gasteiger partial charge in [0.1, 0.15) is 0 Å². The molecule has 7 heteroatoms. The van der Waals surface area contributed by atoms with Gasteiger partial charge in [-0.05, 0) is 27.7 Å². The lowest BCUT2D eigenvalue weighted by Gasteiger charge is -2.07. The average molecular weight is 274 g/mol. The van der Waals surface area contributed by atoms with Crippen LogP contribution in [0.1, 0.15) is 50.0 Å². The van der Waals surface area contributed by atoms with Gasteiger partial charge in [-0.1, -0.05) is 0 Å². The van der Waals surface area contributed by atoms with Crippen molar-refractivity contribution in [1.82, 2.24) is 9.55 Å². The molecule has 0 saturated heterocycles. The molecule has 102 valence electrons. The maximum Gasteiger partial charge on any atom is 0.372 e. The normalized spacial score (nSPS) is 12.3. The summed E-state index contributed by atoms with van der Waals surface area (Å²) >= 11 is 0. The van der Waals surface area contributed by atoms with Gasteiger partial charge in [0.05, 0.1) is 16.7 Å². The zero-order valence-electron chi connectivity index (χ0n) is 10.9. The summed E-state index contributed by atoms with van der Waals surface area (Å²) in [6, 6.07) is -0.0842. The third kappa shape index (κ3) is 3.10. The molecule has 1 N–H and O–H groups in total. The van der Waals surface area contributed by atoms with Gasteiger partial charge < -0.3 is 9.67 Å². The second-order valence-corrected chi connectivity index (χ2v) is 7.28. The van der Waals surface area contributed by atoms with Gasteiger partial charge in [0.15, 0.2) is 9.84 Å². The van der Waals surface area contributed by atoms with Crippen LogP contribution in [0.4, 0.5) is 0 Å². The quantitative estimate of drug-likeness (QED) is 0.878. The van der Waals surface area contributed by atoms with Crippen LogP contribution in [-0.2, 0) is 15.6 Å². The maximum atomic E-state index is 11.8. The number of imidazole rings is 1. The fraction of sp³-hybridized carbons (Fsp3) is 0.636. The van der Waals surface area contributed by atoms with E-state index in [1.54, 1.807) is 13.8 Å². The predicted octanol–water partition coefficient (Wildman–Crippen LogP) is 1.49. The fourth-order valence-corrected chi connectivity index (χ4v) is 2.32. The Kier molecular flexibility index (Phi) is 4.16. The van der Waals surface area contributed by atoms with E-state index in [4.69, 9.17) is 5.11 Å². The lowest BCUT2D eigenvalue weighted by molar-refractivity contribution is 0.0676. The van der Waals surface area contributed by atoms with Gasteiger partial charge in [-0.3, -0.25) is 0 Å². The number of aromatic carboxylic acids is 1. The van der Waals surface area contributed by atoms with Crippen LogP contribution in [-0.4, -0.2) is 34.3 Å². The van der Waals surface area contributed by atoms with Crippen LogP contribution in [0.5, 0.6) is 0 Å². The minimum absolute atomic E-state index is 0.0842. The number of carboxylic acid groups (broad SMARTS) is 1. The highest BCUT2D eigenvalue weighted by molar-refractivity contribution is 7.91. The second-order valence-electron chi connectivity index (χ2n) is 4.72. The van der Waals surface area contributed by atoms with Crippen molar-refractivity contribution in [2.75, 3.05) is 0 Å². The van der Waals surface area contributed by atoms with Crippen molar-refractivity contribution in [2.24, 2.45) is 0 Å². The number of sulfone groups is 1. The fourth-order valence-electron chi connectivity index (χ4n) is 1.44. The van der Waals surface area contributed by atoms with E-state index in [0.29, 0.717) is 0 Å². The molecule has 0 bridgehead atoms. The third-order valence-electron chi connectivity index (χ3n) is 2.60. The van der Waals surface area contributed by atoms with E-state index in [9.17, 15) is 13.2 Å². The van der Waals surface area contributed by atoms with E-state index in [-0.39, 0.29) is 23.3 Å². The minimum Gasteiger partial charge on any atom is -0.475 e. The van der Waals surface area contributed by atoms with E-state index in [0.717, 1.165) is 0 Å². The molecule has 0 fully saturated rings. The number of nitrogens with zero attached hydrogens (tertiary/aromatic N) is 2. The van der Waals surface area contributed by atoms with Crippen LogP contribution < -0.4 is 0 Å². The largest absolute Gasteiger partial charge is 0.475 e. The smallest absolute Gasteiger partial charge is 0.372 e. The van der Waals surface area contributed by atoms with Crippen molar-refractivity contribution in [1.29, 1.82) is 0 Å². The summed E-state index contributed by atoms with van der Waals surface area (Å²) in [5.74, 6) is -1.51. The van der Waals surface area contributed by atoms with Gasteiger partial charge in [0, 0.05) is 12.2 Å². The van der Waals surface area contributed by atoms with E-state index < -0.39 is 21.1 Å². The number of carbonyl (C=O) groups is 1. The molecule has 0 saturated carbocycles. The van der Waals surface area contributed by atoms with Crippen molar-refractivity contribution in [3.05, 3.63) is 17.7 Å². The third-order valence-corrected chi connectivity index (χ3v) is 4.73. The number of carboxylic acids is 1. The first-order valence-corrected chi connectivity index (χ1v) is 7.39. The summed E-state index contributed by atoms with van der Waals surface area (Å²) < 4.78 is 25.0. The van der Waals surface area contributed by atoms with Crippen LogP contribution in [0.3, 0.4) is 0 Å². The Balaban J connectivity index is 3.14. The van der Waals surface area contributed by atoms with Gasteiger partial charge >= 0.3 is 5.97 Å². The Morgan fingerprint density at radius 1 is 1.39 bits per heavy atom. The van der Waals surface area contributed by atoms with Crippen molar-refractivity contribution >= 4 is 15.8 Å². The van der Waals surface area contributed by atoms with Crippen molar-refractivity contribution in [3.63, 3.8) is 0 Å². The molecule has 1 aromatic heterocycles. The lowest BCUT2D eigenvalue weighted by Crippen LogP contribution is -2.16. The van der Waals surface area contributed by atoms with Crippen molar-refractivity contribution in [2.45, 2.75) is 44.7 Å². The van der Waals surface area contributed by atoms with Crippen LogP contribution >= 0.6 is 0 Å². The van der Waals surface area contributed by atoms with Crippen LogP contribution in [0.25, 0.3) is 0 Å². The Labute approximate surface area is 107 Å². The molecule has 0 unspecified atom stereocenters. The predicted molar refractivity (Wildman–Crippen MR) is 67.3 cm³/mol. The van der Waals surface area contributed by atoms with Crippen LogP contribution in [0.15, 0.2) is 6.20 Å². The summed E-state index contributed by atoms with van der Waals surface area (Å²) in [4.78, 5) is 14.9. The molecule has 1 heterocycles. The Bertz CT molecular complexity index is 543. The number of hydrogen-bond acceptors (Lipinski definition) is 4. The second kappa shape index (κ2) is 5.09. The van der Waals surface area contributed by atoms with E-state index >= 15 is 0 Å². The topological polar surface area (TPSA) is 89.3 Å². The zero-order chi connectivity index (χ0) is 14.1. The Hall–Kier alpha value is -1.37. The monoisotopic (exact) mass is 274 g/mol. The van der Waals surface area contributed by atoms with E-state index in [2.05, 4.69) is 4.98 Å². The first-order valence-electron chi connectivity index (χ1n) is 5.67. The molecule has 0 aliphatic heterocycles. The molecule has 1 aromatic rings. The molecule has 1 rings (SSSR count). The maximum absolute atomic E-state index is 11.8. The van der Waals surface area contributed by atoms with E-state index in [1.807, 2.05) is 13.8 Å². The molecule has 0 aliphatic rings. The first-order chi connectivity index (χ1) is 8.15. The Morgan fingerprint density at radius 3 is 2.28 bits per heavy atom. The van der Waals surface area contributed by atoms with Crippen LogP contribution in [0.2, 0.25) is 0 Å². The Morgan fingerprint density at radius 2 is 1.94 bits per heavy atom. The SMILES string of the molecule is CC(C)n1cc(CS(=O)(=O)C(C)C)nc1C(=O)O. The molecule has 0 radical (unpaired) electrons. The molecule has 6 nitrogen and oxygen atoms in total. The average Bonchev–Trinajstić information content (AvgIpc) is 2.60. The molecular formula is C11H18N2O4S.